The Bertz CT molecular complexity index is 923. The number of alkyl halides is 2. The normalized spacial score (nSPS) is 31.2. The van der Waals surface area contributed by atoms with Gasteiger partial charge in [-0.15, -0.1) is 0 Å². The SMILES string of the molecule is Cc1cc(NC(=O)COC(=O)CCN2C(=O)[C@@H]3[C@H]4C[C@@H]([C@H](Br)[C@@H]4Br)[C@@H]3C2=O)ccc1Br. The van der Waals surface area contributed by atoms with E-state index in [1.807, 2.05) is 13.0 Å². The first-order valence-corrected chi connectivity index (χ1v) is 12.7. The van der Waals surface area contributed by atoms with E-state index in [1.165, 1.54) is 4.90 Å². The van der Waals surface area contributed by atoms with Crippen molar-refractivity contribution in [1.82, 2.24) is 4.90 Å². The number of nitrogens with zero attached hydrogens (tertiary/aromatic N) is 1. The summed E-state index contributed by atoms with van der Waals surface area (Å²) in [6, 6.07) is 5.35. The smallest absolute Gasteiger partial charge is 0.308 e. The number of fused-ring (bicyclic) bond motifs is 5. The first-order chi connectivity index (χ1) is 14.7. The Morgan fingerprint density at radius 2 is 1.74 bits per heavy atom. The van der Waals surface area contributed by atoms with Crippen molar-refractivity contribution >= 4 is 77.2 Å². The summed E-state index contributed by atoms with van der Waals surface area (Å²) in [7, 11) is 0. The molecule has 3 fully saturated rings. The van der Waals surface area contributed by atoms with E-state index in [0.29, 0.717) is 5.69 Å². The molecule has 2 aliphatic carbocycles. The molecule has 2 bridgehead atoms. The van der Waals surface area contributed by atoms with Gasteiger partial charge in [0.15, 0.2) is 6.61 Å². The number of hydrogen-bond donors (Lipinski definition) is 1. The fourth-order valence-corrected chi connectivity index (χ4v) is 7.09. The van der Waals surface area contributed by atoms with E-state index in [-0.39, 0.29) is 58.1 Å². The van der Waals surface area contributed by atoms with Crippen LogP contribution in [-0.2, 0) is 23.9 Å². The quantitative estimate of drug-likeness (QED) is 0.299. The monoisotopic (exact) mass is 618 g/mol. The number of imide groups is 1. The lowest BCUT2D eigenvalue weighted by Gasteiger charge is -2.28. The third kappa shape index (κ3) is 4.23. The predicted molar refractivity (Wildman–Crippen MR) is 124 cm³/mol. The number of rotatable bonds is 6. The van der Waals surface area contributed by atoms with E-state index in [0.717, 1.165) is 16.5 Å². The molecule has 166 valence electrons. The maximum atomic E-state index is 12.8. The van der Waals surface area contributed by atoms with Crippen molar-refractivity contribution in [1.29, 1.82) is 0 Å². The zero-order valence-electron chi connectivity index (χ0n) is 16.6. The molecule has 1 heterocycles. The first-order valence-electron chi connectivity index (χ1n) is 10.0. The lowest BCUT2D eigenvalue weighted by Crippen LogP contribution is -2.37. The molecule has 3 amide bonds. The Morgan fingerprint density at radius 1 is 1.13 bits per heavy atom. The molecule has 1 N–H and O–H groups in total. The van der Waals surface area contributed by atoms with Gasteiger partial charge in [-0.25, -0.2) is 0 Å². The minimum atomic E-state index is -0.625. The highest BCUT2D eigenvalue weighted by atomic mass is 79.9. The van der Waals surface area contributed by atoms with Crippen molar-refractivity contribution in [2.45, 2.75) is 29.4 Å². The van der Waals surface area contributed by atoms with Gasteiger partial charge in [-0.2, -0.15) is 0 Å². The van der Waals surface area contributed by atoms with E-state index in [2.05, 4.69) is 53.1 Å². The highest BCUT2D eigenvalue weighted by Gasteiger charge is 2.66. The minimum Gasteiger partial charge on any atom is -0.456 e. The number of hydrogen-bond acceptors (Lipinski definition) is 5. The van der Waals surface area contributed by atoms with Crippen molar-refractivity contribution in [2.24, 2.45) is 23.7 Å². The summed E-state index contributed by atoms with van der Waals surface area (Å²) in [5.41, 5.74) is 1.57. The average molecular weight is 621 g/mol. The van der Waals surface area contributed by atoms with Crippen molar-refractivity contribution in [3.05, 3.63) is 28.2 Å². The van der Waals surface area contributed by atoms with Crippen molar-refractivity contribution in [3.8, 4) is 0 Å². The number of anilines is 1. The summed E-state index contributed by atoms with van der Waals surface area (Å²) in [5.74, 6) is -1.79. The van der Waals surface area contributed by atoms with Crippen LogP contribution in [0.15, 0.2) is 22.7 Å². The van der Waals surface area contributed by atoms with Gasteiger partial charge in [0.25, 0.3) is 5.91 Å². The van der Waals surface area contributed by atoms with Crippen LogP contribution >= 0.6 is 47.8 Å². The number of benzene rings is 1. The molecule has 6 atom stereocenters. The Morgan fingerprint density at radius 3 is 2.32 bits per heavy atom. The standard InChI is InChI=1S/C21H21Br3N2O5/c1-9-6-10(2-3-13(9)22)25-14(27)8-31-15(28)4-5-26-20(29)16-11-7-12(17(16)21(26)30)19(24)18(11)23/h2-3,6,11-12,16-19H,4-5,7-8H2,1H3,(H,25,27)/t11-,12-,16-,17+,18-,19+/m1/s1. The zero-order valence-corrected chi connectivity index (χ0v) is 21.4. The number of likely N-dealkylation sites (tertiary alicyclic amines) is 1. The molecule has 0 unspecified atom stereocenters. The van der Waals surface area contributed by atoms with Gasteiger partial charge in [0.1, 0.15) is 0 Å². The van der Waals surface area contributed by atoms with E-state index in [4.69, 9.17) is 4.74 Å². The molecule has 0 radical (unpaired) electrons. The third-order valence-electron chi connectivity index (χ3n) is 6.42. The maximum Gasteiger partial charge on any atom is 0.308 e. The Kier molecular flexibility index (Phi) is 6.61. The van der Waals surface area contributed by atoms with Gasteiger partial charge in [-0.1, -0.05) is 47.8 Å². The largest absolute Gasteiger partial charge is 0.456 e. The molecule has 0 spiro atoms. The summed E-state index contributed by atoms with van der Waals surface area (Å²) in [4.78, 5) is 51.3. The molecule has 4 rings (SSSR count). The molecule has 0 aromatic heterocycles. The second-order valence-corrected chi connectivity index (χ2v) is 11.2. The second kappa shape index (κ2) is 8.94. The summed E-state index contributed by atoms with van der Waals surface area (Å²) in [5, 5.41) is 2.66. The topological polar surface area (TPSA) is 92.8 Å². The molecule has 1 aromatic carbocycles. The number of ether oxygens (including phenoxy) is 1. The number of halogens is 3. The van der Waals surface area contributed by atoms with Crippen LogP contribution in [0.2, 0.25) is 0 Å². The first kappa shape index (κ1) is 22.9. The van der Waals surface area contributed by atoms with Crippen LogP contribution in [0.5, 0.6) is 0 Å². The highest BCUT2D eigenvalue weighted by Crippen LogP contribution is 2.60. The lowest BCUT2D eigenvalue weighted by molar-refractivity contribution is -0.149. The van der Waals surface area contributed by atoms with E-state index in [1.54, 1.807) is 12.1 Å². The molecular formula is C21H21Br3N2O5. The summed E-state index contributed by atoms with van der Waals surface area (Å²) in [6.07, 6.45) is 0.730. The number of carbonyl (C=O) groups is 4. The molecular weight excluding hydrogens is 600 g/mol. The summed E-state index contributed by atoms with van der Waals surface area (Å²) in [6.45, 7) is 1.45. The van der Waals surface area contributed by atoms with E-state index >= 15 is 0 Å². The number of esters is 1. The second-order valence-electron chi connectivity index (χ2n) is 8.25. The van der Waals surface area contributed by atoms with Crippen LogP contribution < -0.4 is 5.32 Å². The lowest BCUT2D eigenvalue weighted by atomic mass is 9.81. The number of amides is 3. The zero-order chi connectivity index (χ0) is 22.4. The van der Waals surface area contributed by atoms with Crippen LogP contribution in [0.3, 0.4) is 0 Å². The molecule has 3 aliphatic rings. The third-order valence-corrected chi connectivity index (χ3v) is 10.5. The molecule has 10 heteroatoms. The maximum absolute atomic E-state index is 12.8. The Balaban J connectivity index is 1.26. The van der Waals surface area contributed by atoms with Crippen LogP contribution in [0.4, 0.5) is 5.69 Å². The Labute approximate surface area is 205 Å². The van der Waals surface area contributed by atoms with Gasteiger partial charge >= 0.3 is 5.97 Å². The van der Waals surface area contributed by atoms with Crippen molar-refractivity contribution < 1.29 is 23.9 Å². The van der Waals surface area contributed by atoms with Gasteiger partial charge in [-0.3, -0.25) is 24.1 Å². The molecule has 1 saturated heterocycles. The highest BCUT2D eigenvalue weighted by molar-refractivity contribution is 9.12. The summed E-state index contributed by atoms with van der Waals surface area (Å²) < 4.78 is 5.95. The fraction of sp³-hybridized carbons (Fsp3) is 0.524. The van der Waals surface area contributed by atoms with Gasteiger partial charge in [0.05, 0.1) is 18.3 Å². The van der Waals surface area contributed by atoms with E-state index in [9.17, 15) is 19.2 Å². The van der Waals surface area contributed by atoms with Gasteiger partial charge in [0.2, 0.25) is 11.8 Å². The van der Waals surface area contributed by atoms with Crippen LogP contribution in [0, 0.1) is 30.6 Å². The number of nitrogens with one attached hydrogen (secondary N) is 1. The molecule has 1 aliphatic heterocycles. The van der Waals surface area contributed by atoms with Crippen molar-refractivity contribution in [3.63, 3.8) is 0 Å². The molecule has 31 heavy (non-hydrogen) atoms. The summed E-state index contributed by atoms with van der Waals surface area (Å²) >= 11 is 10.7. The van der Waals surface area contributed by atoms with Crippen molar-refractivity contribution in [2.75, 3.05) is 18.5 Å². The van der Waals surface area contributed by atoms with Gasteiger partial charge in [0, 0.05) is 26.4 Å². The number of aryl methyl sites for hydroxylation is 1. The van der Waals surface area contributed by atoms with Crippen LogP contribution in [0.1, 0.15) is 18.4 Å². The van der Waals surface area contributed by atoms with E-state index < -0.39 is 18.5 Å². The number of carbonyl (C=O) groups excluding carboxylic acids is 4. The molecule has 7 nitrogen and oxygen atoms in total. The molecule has 2 saturated carbocycles. The van der Waals surface area contributed by atoms with Crippen LogP contribution in [-0.4, -0.2) is 51.4 Å². The van der Waals surface area contributed by atoms with Crippen LogP contribution in [0.25, 0.3) is 0 Å². The minimum absolute atomic E-state index is 0.0175. The fourth-order valence-electron chi connectivity index (χ4n) is 4.97. The molecule has 1 aromatic rings. The average Bonchev–Trinajstić information content (AvgIpc) is 3.33. The predicted octanol–water partition coefficient (Wildman–Crippen LogP) is 3.41. The Hall–Kier alpha value is -1.26. The van der Waals surface area contributed by atoms with Gasteiger partial charge < -0.3 is 10.1 Å². The van der Waals surface area contributed by atoms with Gasteiger partial charge in [-0.05, 0) is 48.9 Å².